The smallest absolute Gasteiger partial charge is 0.137 e. The molecule has 0 aromatic heterocycles. The van der Waals surface area contributed by atoms with E-state index in [0.29, 0.717) is 10.5 Å². The predicted molar refractivity (Wildman–Crippen MR) is 76.1 cm³/mol. The van der Waals surface area contributed by atoms with Gasteiger partial charge in [-0.25, -0.2) is 4.39 Å². The van der Waals surface area contributed by atoms with Crippen molar-refractivity contribution in [3.05, 3.63) is 34.1 Å². The van der Waals surface area contributed by atoms with E-state index in [2.05, 4.69) is 33.1 Å². The summed E-state index contributed by atoms with van der Waals surface area (Å²) < 4.78 is 13.9. The van der Waals surface area contributed by atoms with Crippen LogP contribution in [0.1, 0.15) is 25.3 Å². The van der Waals surface area contributed by atoms with Gasteiger partial charge in [0.05, 0.1) is 4.47 Å². The monoisotopic (exact) mass is 314 g/mol. The summed E-state index contributed by atoms with van der Waals surface area (Å²) in [7, 11) is 0. The molecular formula is C14H20BrFN2. The van der Waals surface area contributed by atoms with E-state index in [0.717, 1.165) is 25.2 Å². The summed E-state index contributed by atoms with van der Waals surface area (Å²) in [5.41, 5.74) is 1.00. The van der Waals surface area contributed by atoms with Crippen LogP contribution in [0.15, 0.2) is 22.7 Å². The molecule has 0 aliphatic carbocycles. The molecule has 1 fully saturated rings. The van der Waals surface area contributed by atoms with E-state index in [4.69, 9.17) is 0 Å². The van der Waals surface area contributed by atoms with Crippen LogP contribution in [-0.2, 0) is 6.54 Å². The Morgan fingerprint density at radius 3 is 3.06 bits per heavy atom. The van der Waals surface area contributed by atoms with Crippen molar-refractivity contribution in [3.63, 3.8) is 0 Å². The molecule has 0 bridgehead atoms. The maximum Gasteiger partial charge on any atom is 0.137 e. The maximum atomic E-state index is 13.4. The van der Waals surface area contributed by atoms with E-state index in [1.165, 1.54) is 19.4 Å². The topological polar surface area (TPSA) is 15.3 Å². The summed E-state index contributed by atoms with van der Waals surface area (Å²) >= 11 is 3.17. The van der Waals surface area contributed by atoms with Gasteiger partial charge in [0.2, 0.25) is 0 Å². The Morgan fingerprint density at radius 1 is 1.50 bits per heavy atom. The number of hydrogen-bond donors (Lipinski definition) is 1. The van der Waals surface area contributed by atoms with Gasteiger partial charge >= 0.3 is 0 Å². The molecule has 1 heterocycles. The van der Waals surface area contributed by atoms with Crippen LogP contribution in [0.3, 0.4) is 0 Å². The Labute approximate surface area is 117 Å². The highest BCUT2D eigenvalue weighted by Crippen LogP contribution is 2.17. The minimum Gasteiger partial charge on any atom is -0.309 e. The molecule has 1 aromatic carbocycles. The Morgan fingerprint density at radius 2 is 2.33 bits per heavy atom. The quantitative estimate of drug-likeness (QED) is 0.918. The van der Waals surface area contributed by atoms with Crippen molar-refractivity contribution in [3.8, 4) is 0 Å². The molecule has 2 rings (SSSR count). The summed E-state index contributed by atoms with van der Waals surface area (Å²) in [5.74, 6) is -0.187. The first kappa shape index (κ1) is 14.0. The van der Waals surface area contributed by atoms with Gasteiger partial charge in [-0.2, -0.15) is 0 Å². The number of nitrogens with one attached hydrogen (secondary N) is 1. The third-order valence-corrected chi connectivity index (χ3v) is 4.17. The first-order valence-corrected chi connectivity index (χ1v) is 7.38. The van der Waals surface area contributed by atoms with Crippen LogP contribution in [0, 0.1) is 5.82 Å². The van der Waals surface area contributed by atoms with Gasteiger partial charge < -0.3 is 10.2 Å². The standard InChI is InChI=1S/C14H20BrFN2/c1-2-18-7-3-4-12(10-18)17-9-11-5-6-13(15)14(16)8-11/h5-6,8,12,17H,2-4,7,9-10H2,1H3. The number of piperidine rings is 1. The van der Waals surface area contributed by atoms with E-state index >= 15 is 0 Å². The van der Waals surface area contributed by atoms with Crippen LogP contribution < -0.4 is 5.32 Å². The largest absolute Gasteiger partial charge is 0.309 e. The summed E-state index contributed by atoms with van der Waals surface area (Å²) in [6.07, 6.45) is 2.47. The van der Waals surface area contributed by atoms with Gasteiger partial charge in [0.15, 0.2) is 0 Å². The first-order valence-electron chi connectivity index (χ1n) is 6.58. The molecule has 18 heavy (non-hydrogen) atoms. The predicted octanol–water partition coefficient (Wildman–Crippen LogP) is 3.16. The molecule has 0 radical (unpaired) electrons. The normalized spacial score (nSPS) is 21.2. The van der Waals surface area contributed by atoms with Crippen LogP contribution in [-0.4, -0.2) is 30.6 Å². The molecule has 100 valence electrons. The molecule has 1 unspecified atom stereocenters. The second-order valence-electron chi connectivity index (χ2n) is 4.86. The van der Waals surface area contributed by atoms with E-state index in [-0.39, 0.29) is 5.82 Å². The highest BCUT2D eigenvalue weighted by atomic mass is 79.9. The van der Waals surface area contributed by atoms with Crippen molar-refractivity contribution in [2.24, 2.45) is 0 Å². The van der Waals surface area contributed by atoms with Crippen LogP contribution in [0.4, 0.5) is 4.39 Å². The Bertz CT molecular complexity index is 397. The number of likely N-dealkylation sites (N-methyl/N-ethyl adjacent to an activating group) is 1. The fraction of sp³-hybridized carbons (Fsp3) is 0.571. The average Bonchev–Trinajstić information content (AvgIpc) is 2.40. The second kappa shape index (κ2) is 6.64. The van der Waals surface area contributed by atoms with Crippen LogP contribution in [0.5, 0.6) is 0 Å². The van der Waals surface area contributed by atoms with Crippen LogP contribution in [0.25, 0.3) is 0 Å². The maximum absolute atomic E-state index is 13.4. The summed E-state index contributed by atoms with van der Waals surface area (Å²) in [5, 5.41) is 3.53. The SMILES string of the molecule is CCN1CCCC(NCc2ccc(Br)c(F)c2)C1. The summed E-state index contributed by atoms with van der Waals surface area (Å²) in [6.45, 7) is 6.38. The molecule has 4 heteroatoms. The molecule has 1 aromatic rings. The lowest BCUT2D eigenvalue weighted by molar-refractivity contribution is 0.198. The van der Waals surface area contributed by atoms with E-state index < -0.39 is 0 Å². The third-order valence-electron chi connectivity index (χ3n) is 3.53. The molecule has 1 saturated heterocycles. The van der Waals surface area contributed by atoms with Crippen LogP contribution >= 0.6 is 15.9 Å². The molecule has 2 nitrogen and oxygen atoms in total. The molecule has 1 atom stereocenters. The highest BCUT2D eigenvalue weighted by Gasteiger charge is 2.17. The van der Waals surface area contributed by atoms with Gasteiger partial charge in [-0.3, -0.25) is 0 Å². The Hall–Kier alpha value is -0.450. The zero-order valence-electron chi connectivity index (χ0n) is 10.8. The number of benzene rings is 1. The Balaban J connectivity index is 1.85. The first-order chi connectivity index (χ1) is 8.69. The lowest BCUT2D eigenvalue weighted by Crippen LogP contribution is -2.45. The van der Waals surface area contributed by atoms with Crippen molar-refractivity contribution in [2.75, 3.05) is 19.6 Å². The molecule has 1 aliphatic rings. The highest BCUT2D eigenvalue weighted by molar-refractivity contribution is 9.10. The fourth-order valence-electron chi connectivity index (χ4n) is 2.42. The molecule has 0 saturated carbocycles. The van der Waals surface area contributed by atoms with Gasteiger partial charge in [0.1, 0.15) is 5.82 Å². The van der Waals surface area contributed by atoms with Crippen LogP contribution in [0.2, 0.25) is 0 Å². The molecular weight excluding hydrogens is 295 g/mol. The van der Waals surface area contributed by atoms with E-state index in [1.807, 2.05) is 6.07 Å². The van der Waals surface area contributed by atoms with Gasteiger partial charge in [0.25, 0.3) is 0 Å². The number of rotatable bonds is 4. The van der Waals surface area contributed by atoms with Gasteiger partial charge in [-0.15, -0.1) is 0 Å². The number of hydrogen-bond acceptors (Lipinski definition) is 2. The molecule has 0 spiro atoms. The number of likely N-dealkylation sites (tertiary alicyclic amines) is 1. The fourth-order valence-corrected chi connectivity index (χ4v) is 2.67. The zero-order chi connectivity index (χ0) is 13.0. The molecule has 0 amide bonds. The Kier molecular flexibility index (Phi) is 5.15. The van der Waals surface area contributed by atoms with E-state index in [1.54, 1.807) is 12.1 Å². The van der Waals surface area contributed by atoms with Crippen molar-refractivity contribution < 1.29 is 4.39 Å². The minimum absolute atomic E-state index is 0.187. The van der Waals surface area contributed by atoms with E-state index in [9.17, 15) is 4.39 Å². The number of nitrogens with zero attached hydrogens (tertiary/aromatic N) is 1. The lowest BCUT2D eigenvalue weighted by Gasteiger charge is -2.32. The van der Waals surface area contributed by atoms with Gasteiger partial charge in [-0.1, -0.05) is 13.0 Å². The zero-order valence-corrected chi connectivity index (χ0v) is 12.3. The lowest BCUT2D eigenvalue weighted by atomic mass is 10.1. The van der Waals surface area contributed by atoms with Crippen molar-refractivity contribution in [1.82, 2.24) is 10.2 Å². The van der Waals surface area contributed by atoms with Gasteiger partial charge in [0, 0.05) is 19.1 Å². The molecule has 1 aliphatic heterocycles. The number of halogens is 2. The molecule has 1 N–H and O–H groups in total. The van der Waals surface area contributed by atoms with Crippen molar-refractivity contribution in [2.45, 2.75) is 32.4 Å². The third kappa shape index (κ3) is 3.77. The average molecular weight is 315 g/mol. The van der Waals surface area contributed by atoms with Gasteiger partial charge in [-0.05, 0) is 59.6 Å². The summed E-state index contributed by atoms with van der Waals surface area (Å²) in [4.78, 5) is 2.46. The summed E-state index contributed by atoms with van der Waals surface area (Å²) in [6, 6.07) is 5.86. The second-order valence-corrected chi connectivity index (χ2v) is 5.72. The minimum atomic E-state index is -0.187. The van der Waals surface area contributed by atoms with Crippen molar-refractivity contribution in [1.29, 1.82) is 0 Å². The van der Waals surface area contributed by atoms with Crippen molar-refractivity contribution >= 4 is 15.9 Å².